The third-order valence-corrected chi connectivity index (χ3v) is 3.78. The van der Waals surface area contributed by atoms with E-state index in [0.717, 1.165) is 11.1 Å². The summed E-state index contributed by atoms with van der Waals surface area (Å²) >= 11 is 0. The van der Waals surface area contributed by atoms with Gasteiger partial charge in [0, 0.05) is 5.56 Å². The van der Waals surface area contributed by atoms with E-state index in [1.54, 1.807) is 0 Å². The Bertz CT molecular complexity index is 796. The van der Waals surface area contributed by atoms with Crippen molar-refractivity contribution in [2.24, 2.45) is 0 Å². The lowest BCUT2D eigenvalue weighted by molar-refractivity contribution is 0.0862. The van der Waals surface area contributed by atoms with Crippen molar-refractivity contribution in [3.8, 4) is 11.4 Å². The molecule has 1 atom stereocenters. The summed E-state index contributed by atoms with van der Waals surface area (Å²) in [6.45, 7) is 1.97. The van der Waals surface area contributed by atoms with Crippen LogP contribution in [0.1, 0.15) is 29.6 Å². The van der Waals surface area contributed by atoms with Crippen molar-refractivity contribution in [3.05, 3.63) is 66.2 Å². The number of anilines is 1. The zero-order valence-corrected chi connectivity index (χ0v) is 12.9. The van der Waals surface area contributed by atoms with Crippen molar-refractivity contribution >= 4 is 11.9 Å². The number of nitrogen functional groups attached to an aromatic ring is 1. The molecule has 0 spiro atoms. The van der Waals surface area contributed by atoms with Crippen LogP contribution in [0.15, 0.2) is 60.7 Å². The first kappa shape index (κ1) is 15.0. The van der Waals surface area contributed by atoms with Crippen LogP contribution >= 0.6 is 0 Å². The number of carbonyl (C=O) groups excluding carboxylic acids is 1. The van der Waals surface area contributed by atoms with Crippen molar-refractivity contribution in [1.29, 1.82) is 0 Å². The summed E-state index contributed by atoms with van der Waals surface area (Å²) in [7, 11) is 0. The van der Waals surface area contributed by atoms with Crippen LogP contribution in [0, 0.1) is 0 Å². The van der Waals surface area contributed by atoms with E-state index < -0.39 is 0 Å². The molecule has 0 radical (unpaired) electrons. The van der Waals surface area contributed by atoms with E-state index >= 15 is 0 Å². The van der Waals surface area contributed by atoms with Gasteiger partial charge in [-0.05, 0) is 12.0 Å². The Kier molecular flexibility index (Phi) is 4.19. The molecule has 1 heterocycles. The number of nitrogens with zero attached hydrogens (tertiary/aromatic N) is 3. The normalized spacial score (nSPS) is 12.0. The summed E-state index contributed by atoms with van der Waals surface area (Å²) in [5.74, 6) is 0.123. The quantitative estimate of drug-likeness (QED) is 0.802. The molecule has 0 unspecified atom stereocenters. The summed E-state index contributed by atoms with van der Waals surface area (Å²) in [4.78, 5) is 17.0. The van der Waals surface area contributed by atoms with Crippen LogP contribution in [0.25, 0.3) is 11.4 Å². The smallest absolute Gasteiger partial charge is 0.257 e. The first-order valence-electron chi connectivity index (χ1n) is 7.57. The second kappa shape index (κ2) is 6.44. The molecule has 5 nitrogen and oxygen atoms in total. The molecule has 2 N–H and O–H groups in total. The highest BCUT2D eigenvalue weighted by atomic mass is 16.2. The summed E-state index contributed by atoms with van der Waals surface area (Å²) in [5.41, 5.74) is 7.71. The van der Waals surface area contributed by atoms with Crippen molar-refractivity contribution in [2.45, 2.75) is 19.3 Å². The number of aromatic nitrogens is 3. The van der Waals surface area contributed by atoms with Crippen LogP contribution in [0.5, 0.6) is 0 Å². The third kappa shape index (κ3) is 2.99. The molecular weight excluding hydrogens is 288 g/mol. The SMILES string of the molecule is CC[C@H](C(=O)n1nc(-c2ccccc2)nc1N)c1ccccc1. The van der Waals surface area contributed by atoms with Crippen molar-refractivity contribution < 1.29 is 4.79 Å². The van der Waals surface area contributed by atoms with Gasteiger partial charge in [0.25, 0.3) is 5.91 Å². The van der Waals surface area contributed by atoms with Gasteiger partial charge in [-0.15, -0.1) is 5.10 Å². The van der Waals surface area contributed by atoms with Gasteiger partial charge in [-0.25, -0.2) is 0 Å². The number of hydrogen-bond acceptors (Lipinski definition) is 4. The fourth-order valence-corrected chi connectivity index (χ4v) is 2.58. The first-order chi connectivity index (χ1) is 11.2. The Balaban J connectivity index is 1.95. The maximum absolute atomic E-state index is 12.8. The molecule has 2 aromatic carbocycles. The molecule has 5 heteroatoms. The van der Waals surface area contributed by atoms with Crippen LogP contribution in [0.4, 0.5) is 5.95 Å². The molecule has 23 heavy (non-hydrogen) atoms. The number of carbonyl (C=O) groups is 1. The fraction of sp³-hybridized carbons (Fsp3) is 0.167. The third-order valence-electron chi connectivity index (χ3n) is 3.78. The monoisotopic (exact) mass is 306 g/mol. The van der Waals surface area contributed by atoms with Gasteiger partial charge in [-0.2, -0.15) is 9.67 Å². The molecule has 0 saturated carbocycles. The van der Waals surface area contributed by atoms with Gasteiger partial charge < -0.3 is 5.73 Å². The lowest BCUT2D eigenvalue weighted by Gasteiger charge is -2.13. The van der Waals surface area contributed by atoms with E-state index in [0.29, 0.717) is 12.2 Å². The molecule has 0 amide bonds. The van der Waals surface area contributed by atoms with E-state index in [1.165, 1.54) is 4.68 Å². The second-order valence-electron chi connectivity index (χ2n) is 5.28. The standard InChI is InChI=1S/C18H18N4O/c1-2-15(13-9-5-3-6-10-13)17(23)22-18(19)20-16(21-22)14-11-7-4-8-12-14/h3-12,15H,2H2,1H3,(H2,19,20,21)/t15-/m0/s1. The summed E-state index contributed by atoms with van der Waals surface area (Å²) in [6, 6.07) is 19.1. The van der Waals surface area contributed by atoms with Crippen LogP contribution in [0.3, 0.4) is 0 Å². The lowest BCUT2D eigenvalue weighted by atomic mass is 9.96. The van der Waals surface area contributed by atoms with E-state index in [4.69, 9.17) is 5.73 Å². The van der Waals surface area contributed by atoms with Crippen molar-refractivity contribution in [3.63, 3.8) is 0 Å². The Morgan fingerprint density at radius 3 is 2.30 bits per heavy atom. The predicted octanol–water partition coefficient (Wildman–Crippen LogP) is 3.36. The fourth-order valence-electron chi connectivity index (χ4n) is 2.58. The molecule has 0 aliphatic heterocycles. The van der Waals surface area contributed by atoms with Crippen LogP contribution in [0.2, 0.25) is 0 Å². The maximum Gasteiger partial charge on any atom is 0.257 e. The van der Waals surface area contributed by atoms with Gasteiger partial charge in [0.1, 0.15) is 0 Å². The summed E-state index contributed by atoms with van der Waals surface area (Å²) < 4.78 is 1.21. The predicted molar refractivity (Wildman–Crippen MR) is 90.0 cm³/mol. The van der Waals surface area contributed by atoms with Crippen LogP contribution < -0.4 is 5.73 Å². The minimum atomic E-state index is -0.288. The molecule has 0 aliphatic rings. The van der Waals surface area contributed by atoms with Gasteiger partial charge in [-0.3, -0.25) is 4.79 Å². The van der Waals surface area contributed by atoms with Crippen molar-refractivity contribution in [2.75, 3.05) is 5.73 Å². The summed E-state index contributed by atoms with van der Waals surface area (Å²) in [6.07, 6.45) is 0.669. The van der Waals surface area contributed by atoms with E-state index in [1.807, 2.05) is 67.6 Å². The number of benzene rings is 2. The maximum atomic E-state index is 12.8. The molecule has 0 saturated heterocycles. The highest BCUT2D eigenvalue weighted by Crippen LogP contribution is 2.23. The topological polar surface area (TPSA) is 73.8 Å². The molecule has 0 bridgehead atoms. The highest BCUT2D eigenvalue weighted by Gasteiger charge is 2.24. The minimum absolute atomic E-state index is 0.114. The second-order valence-corrected chi connectivity index (χ2v) is 5.28. The Morgan fingerprint density at radius 1 is 1.09 bits per heavy atom. The Labute approximate surface area is 134 Å². The van der Waals surface area contributed by atoms with Gasteiger partial charge in [-0.1, -0.05) is 67.6 Å². The molecule has 1 aromatic heterocycles. The molecule has 3 rings (SSSR count). The van der Waals surface area contributed by atoms with Gasteiger partial charge in [0.2, 0.25) is 5.95 Å². The van der Waals surface area contributed by atoms with Gasteiger partial charge in [0.05, 0.1) is 5.92 Å². The van der Waals surface area contributed by atoms with Crippen LogP contribution in [-0.2, 0) is 0 Å². The number of nitrogens with two attached hydrogens (primary N) is 1. The Hall–Kier alpha value is -2.95. The van der Waals surface area contributed by atoms with E-state index in [9.17, 15) is 4.79 Å². The van der Waals surface area contributed by atoms with Crippen molar-refractivity contribution in [1.82, 2.24) is 14.8 Å². The van der Waals surface area contributed by atoms with Gasteiger partial charge >= 0.3 is 0 Å². The summed E-state index contributed by atoms with van der Waals surface area (Å²) in [5, 5.41) is 4.31. The van der Waals surface area contributed by atoms with E-state index in [-0.39, 0.29) is 17.8 Å². The average Bonchev–Trinajstić information content (AvgIpc) is 2.99. The van der Waals surface area contributed by atoms with Crippen LogP contribution in [-0.4, -0.2) is 20.7 Å². The molecule has 0 aliphatic carbocycles. The molecular formula is C18H18N4O. The Morgan fingerprint density at radius 2 is 1.70 bits per heavy atom. The zero-order chi connectivity index (χ0) is 16.2. The number of rotatable bonds is 4. The first-order valence-corrected chi connectivity index (χ1v) is 7.57. The minimum Gasteiger partial charge on any atom is -0.368 e. The van der Waals surface area contributed by atoms with E-state index in [2.05, 4.69) is 10.1 Å². The largest absolute Gasteiger partial charge is 0.368 e. The molecule has 116 valence electrons. The lowest BCUT2D eigenvalue weighted by Crippen LogP contribution is -2.22. The molecule has 0 fully saturated rings. The average molecular weight is 306 g/mol. The molecule has 3 aromatic rings. The zero-order valence-electron chi connectivity index (χ0n) is 12.9. The highest BCUT2D eigenvalue weighted by molar-refractivity contribution is 5.87. The number of hydrogen-bond donors (Lipinski definition) is 1. The van der Waals surface area contributed by atoms with Gasteiger partial charge in [0.15, 0.2) is 5.82 Å².